The highest BCUT2D eigenvalue weighted by atomic mass is 16.4. The molecule has 0 aliphatic heterocycles. The minimum absolute atomic E-state index is 0.225. The second-order valence-electron chi connectivity index (χ2n) is 2.38. The second-order valence-corrected chi connectivity index (χ2v) is 2.38. The van der Waals surface area contributed by atoms with Crippen molar-refractivity contribution in [1.82, 2.24) is 15.0 Å². The largest absolute Gasteiger partial charge is 0.477 e. The fourth-order valence-corrected chi connectivity index (χ4v) is 0.844. The lowest BCUT2D eigenvalue weighted by atomic mass is 10.3. The number of carboxylic acid groups (broad SMARTS) is 1. The molecule has 0 atom stereocenters. The second kappa shape index (κ2) is 3.70. The molecule has 0 amide bonds. The first-order chi connectivity index (χ1) is 6.15. The maximum absolute atomic E-state index is 10.4. The maximum Gasteiger partial charge on any atom is 0.351 e. The lowest BCUT2D eigenvalue weighted by Gasteiger charge is -1.97. The Morgan fingerprint density at radius 3 is 3.08 bits per heavy atom. The number of carboxylic acids is 1. The van der Waals surface area contributed by atoms with E-state index in [1.54, 1.807) is 4.68 Å². The van der Waals surface area contributed by atoms with Gasteiger partial charge in [-0.3, -0.25) is 0 Å². The number of hydrogen-bond acceptors (Lipinski definition) is 4. The molecule has 3 N–H and O–H groups in total. The van der Waals surface area contributed by atoms with Crippen LogP contribution in [0.2, 0.25) is 0 Å². The fourth-order valence-electron chi connectivity index (χ4n) is 0.844. The summed E-state index contributed by atoms with van der Waals surface area (Å²) in [5.41, 5.74) is 5.58. The minimum Gasteiger partial charge on any atom is -0.477 e. The van der Waals surface area contributed by atoms with E-state index in [1.165, 1.54) is 12.3 Å². The molecule has 0 saturated carbocycles. The summed E-state index contributed by atoms with van der Waals surface area (Å²) >= 11 is 0. The molecular weight excluding hydrogens is 172 g/mol. The van der Waals surface area contributed by atoms with Crippen molar-refractivity contribution >= 4 is 12.0 Å². The predicted molar refractivity (Wildman–Crippen MR) is 45.5 cm³/mol. The third-order valence-electron chi connectivity index (χ3n) is 1.50. The van der Waals surface area contributed by atoms with Gasteiger partial charge < -0.3 is 10.8 Å². The van der Waals surface area contributed by atoms with E-state index < -0.39 is 5.97 Å². The third-order valence-corrected chi connectivity index (χ3v) is 1.50. The molecule has 0 aromatic carbocycles. The van der Waals surface area contributed by atoms with Crippen LogP contribution in [0.4, 0.5) is 0 Å². The number of nitrogens with zero attached hydrogens (tertiary/aromatic N) is 3. The Hall–Kier alpha value is -1.85. The van der Waals surface area contributed by atoms with Crippen LogP contribution in [0, 0.1) is 0 Å². The zero-order valence-corrected chi connectivity index (χ0v) is 7.14. The zero-order valence-electron chi connectivity index (χ0n) is 7.14. The van der Waals surface area contributed by atoms with Gasteiger partial charge in [-0.25, -0.2) is 9.48 Å². The van der Waals surface area contributed by atoms with Crippen LogP contribution in [0.5, 0.6) is 0 Å². The number of rotatable bonds is 3. The van der Waals surface area contributed by atoms with E-state index in [4.69, 9.17) is 10.8 Å². The van der Waals surface area contributed by atoms with Gasteiger partial charge in [0, 0.05) is 6.54 Å². The number of aryl methyl sites for hydroxylation is 1. The summed E-state index contributed by atoms with van der Waals surface area (Å²) in [7, 11) is 0. The molecule has 1 aromatic rings. The average molecular weight is 182 g/mol. The van der Waals surface area contributed by atoms with Crippen LogP contribution in [-0.2, 0) is 11.3 Å². The number of carbonyl (C=O) groups is 1. The van der Waals surface area contributed by atoms with E-state index in [9.17, 15) is 4.79 Å². The van der Waals surface area contributed by atoms with Crippen LogP contribution >= 0.6 is 0 Å². The van der Waals surface area contributed by atoms with Crippen molar-refractivity contribution in [3.05, 3.63) is 17.6 Å². The van der Waals surface area contributed by atoms with Crippen LogP contribution < -0.4 is 5.73 Å². The molecule has 1 heterocycles. The first kappa shape index (κ1) is 9.24. The van der Waals surface area contributed by atoms with Crippen molar-refractivity contribution in [1.29, 1.82) is 0 Å². The van der Waals surface area contributed by atoms with Crippen molar-refractivity contribution in [2.75, 3.05) is 0 Å². The Balaban J connectivity index is 2.96. The molecule has 0 fully saturated rings. The standard InChI is InChI=1S/C7H10N4O2/c1-2-11-5(4-9-10-11)3-6(8)7(12)13/h3-4H,2,8H2,1H3,(H,12,13)/b6-3+. The number of nitrogens with two attached hydrogens (primary N) is 1. The van der Waals surface area contributed by atoms with Gasteiger partial charge in [0.15, 0.2) is 0 Å². The molecule has 6 nitrogen and oxygen atoms in total. The van der Waals surface area contributed by atoms with E-state index in [2.05, 4.69) is 10.3 Å². The molecule has 0 radical (unpaired) electrons. The molecule has 6 heteroatoms. The van der Waals surface area contributed by atoms with Crippen LogP contribution in [0.3, 0.4) is 0 Å². The summed E-state index contributed by atoms with van der Waals surface area (Å²) in [4.78, 5) is 10.4. The summed E-state index contributed by atoms with van der Waals surface area (Å²) in [5, 5.41) is 15.8. The lowest BCUT2D eigenvalue weighted by molar-refractivity contribution is -0.132. The van der Waals surface area contributed by atoms with Crippen molar-refractivity contribution in [3.8, 4) is 0 Å². The Morgan fingerprint density at radius 1 is 1.85 bits per heavy atom. The van der Waals surface area contributed by atoms with E-state index in [-0.39, 0.29) is 5.70 Å². The SMILES string of the molecule is CCn1nncc1/C=C(/N)C(=O)O. The molecule has 0 unspecified atom stereocenters. The Labute approximate surface area is 74.7 Å². The van der Waals surface area contributed by atoms with Crippen LogP contribution in [-0.4, -0.2) is 26.1 Å². The third kappa shape index (κ3) is 2.05. The summed E-state index contributed by atoms with van der Waals surface area (Å²) < 4.78 is 1.55. The van der Waals surface area contributed by atoms with Gasteiger partial charge in [0.05, 0.1) is 11.9 Å². The van der Waals surface area contributed by atoms with Gasteiger partial charge in [-0.1, -0.05) is 5.21 Å². The van der Waals surface area contributed by atoms with Crippen molar-refractivity contribution in [2.24, 2.45) is 5.73 Å². The van der Waals surface area contributed by atoms with Crippen LogP contribution in [0.15, 0.2) is 11.9 Å². The molecule has 70 valence electrons. The average Bonchev–Trinajstić information content (AvgIpc) is 2.51. The first-order valence-corrected chi connectivity index (χ1v) is 3.74. The van der Waals surface area contributed by atoms with Gasteiger partial charge in [-0.2, -0.15) is 0 Å². The van der Waals surface area contributed by atoms with E-state index in [0.717, 1.165) is 0 Å². The molecule has 13 heavy (non-hydrogen) atoms. The Morgan fingerprint density at radius 2 is 2.54 bits per heavy atom. The molecule has 1 aromatic heterocycles. The molecule has 0 saturated heterocycles. The fraction of sp³-hybridized carbons (Fsp3) is 0.286. The van der Waals surface area contributed by atoms with Gasteiger partial charge in [-0.15, -0.1) is 5.10 Å². The smallest absolute Gasteiger partial charge is 0.351 e. The van der Waals surface area contributed by atoms with E-state index in [0.29, 0.717) is 12.2 Å². The van der Waals surface area contributed by atoms with Gasteiger partial charge in [0.25, 0.3) is 0 Å². The predicted octanol–water partition coefficient (Wildman–Crippen LogP) is -0.318. The normalized spacial score (nSPS) is 11.6. The van der Waals surface area contributed by atoms with Crippen LogP contribution in [0.1, 0.15) is 12.6 Å². The quantitative estimate of drug-likeness (QED) is 0.625. The molecular formula is C7H10N4O2. The lowest BCUT2D eigenvalue weighted by Crippen LogP contribution is -2.10. The molecule has 0 spiro atoms. The minimum atomic E-state index is -1.15. The topological polar surface area (TPSA) is 94.0 Å². The van der Waals surface area contributed by atoms with Gasteiger partial charge in [-0.05, 0) is 13.0 Å². The van der Waals surface area contributed by atoms with Crippen LogP contribution in [0.25, 0.3) is 6.08 Å². The Kier molecular flexibility index (Phi) is 2.63. The van der Waals surface area contributed by atoms with Gasteiger partial charge in [0.2, 0.25) is 0 Å². The van der Waals surface area contributed by atoms with Crippen molar-refractivity contribution < 1.29 is 9.90 Å². The van der Waals surface area contributed by atoms with Gasteiger partial charge >= 0.3 is 5.97 Å². The zero-order chi connectivity index (χ0) is 9.84. The highest BCUT2D eigenvalue weighted by molar-refractivity contribution is 5.90. The Bertz CT molecular complexity index is 342. The monoisotopic (exact) mass is 182 g/mol. The van der Waals surface area contributed by atoms with E-state index >= 15 is 0 Å². The van der Waals surface area contributed by atoms with E-state index in [1.807, 2.05) is 6.92 Å². The summed E-state index contributed by atoms with van der Waals surface area (Å²) in [6, 6.07) is 0. The summed E-state index contributed by atoms with van der Waals surface area (Å²) in [6.07, 6.45) is 2.78. The first-order valence-electron chi connectivity index (χ1n) is 3.74. The van der Waals surface area contributed by atoms with Crippen molar-refractivity contribution in [2.45, 2.75) is 13.5 Å². The van der Waals surface area contributed by atoms with Crippen molar-refractivity contribution in [3.63, 3.8) is 0 Å². The molecule has 0 bridgehead atoms. The molecule has 1 rings (SSSR count). The number of aromatic nitrogens is 3. The molecule has 0 aliphatic carbocycles. The highest BCUT2D eigenvalue weighted by Gasteiger charge is 2.04. The summed E-state index contributed by atoms with van der Waals surface area (Å²) in [5.74, 6) is -1.15. The highest BCUT2D eigenvalue weighted by Crippen LogP contribution is 2.01. The number of aliphatic carboxylic acids is 1. The number of hydrogen-bond donors (Lipinski definition) is 2. The summed E-state index contributed by atoms with van der Waals surface area (Å²) in [6.45, 7) is 2.50. The molecule has 0 aliphatic rings. The van der Waals surface area contributed by atoms with Gasteiger partial charge in [0.1, 0.15) is 5.70 Å². The maximum atomic E-state index is 10.4.